The summed E-state index contributed by atoms with van der Waals surface area (Å²) in [5, 5.41) is 8.89. The highest BCUT2D eigenvalue weighted by molar-refractivity contribution is 9.10. The van der Waals surface area contributed by atoms with Crippen molar-refractivity contribution in [3.05, 3.63) is 46.7 Å². The van der Waals surface area contributed by atoms with Crippen molar-refractivity contribution in [1.29, 1.82) is 0 Å². The van der Waals surface area contributed by atoms with Crippen molar-refractivity contribution in [2.75, 3.05) is 4.72 Å². The Morgan fingerprint density at radius 2 is 1.94 bits per heavy atom. The van der Waals surface area contributed by atoms with Gasteiger partial charge in [-0.1, -0.05) is 15.9 Å². The van der Waals surface area contributed by atoms with E-state index >= 15 is 0 Å². The third kappa shape index (κ3) is 2.92. The van der Waals surface area contributed by atoms with Gasteiger partial charge in [-0.05, 0) is 30.3 Å². The van der Waals surface area contributed by atoms with Crippen molar-refractivity contribution >= 4 is 31.6 Å². The Hall–Kier alpha value is -1.31. The summed E-state index contributed by atoms with van der Waals surface area (Å²) in [6.45, 7) is -0.228. The molecule has 0 aliphatic heterocycles. The van der Waals surface area contributed by atoms with E-state index < -0.39 is 10.0 Å². The molecule has 0 radical (unpaired) electrons. The minimum absolute atomic E-state index is 0.0921. The number of hydrogen-bond donors (Lipinski definition) is 3. The quantitative estimate of drug-likeness (QED) is 0.802. The molecule has 3 N–H and O–H groups in total. The molecular formula is C11H11BrN2O3S. The SMILES string of the molecule is O=S(=O)(Nc1ccc(Br)cc1)c1c[nH]c(CO)c1. The van der Waals surface area contributed by atoms with E-state index in [-0.39, 0.29) is 11.5 Å². The average molecular weight is 331 g/mol. The predicted octanol–water partition coefficient (Wildman–Crippen LogP) is 2.07. The molecule has 0 aliphatic carbocycles. The first-order valence-corrected chi connectivity index (χ1v) is 7.35. The van der Waals surface area contributed by atoms with Crippen LogP contribution < -0.4 is 4.72 Å². The zero-order valence-electron chi connectivity index (χ0n) is 9.22. The maximum atomic E-state index is 12.0. The molecule has 18 heavy (non-hydrogen) atoms. The number of aromatic nitrogens is 1. The van der Waals surface area contributed by atoms with Gasteiger partial charge < -0.3 is 10.1 Å². The number of rotatable bonds is 4. The fraction of sp³-hybridized carbons (Fsp3) is 0.0909. The van der Waals surface area contributed by atoms with E-state index in [4.69, 9.17) is 5.11 Å². The first kappa shape index (κ1) is 13.1. The second-order valence-electron chi connectivity index (χ2n) is 3.63. The molecule has 0 amide bonds. The smallest absolute Gasteiger partial charge is 0.263 e. The van der Waals surface area contributed by atoms with Crippen LogP contribution in [0.1, 0.15) is 5.69 Å². The summed E-state index contributed by atoms with van der Waals surface area (Å²) in [7, 11) is -3.62. The Balaban J connectivity index is 2.24. The molecule has 0 aliphatic rings. The summed E-state index contributed by atoms with van der Waals surface area (Å²) in [5.41, 5.74) is 0.927. The number of aliphatic hydroxyl groups excluding tert-OH is 1. The number of halogens is 1. The minimum Gasteiger partial charge on any atom is -0.390 e. The van der Waals surface area contributed by atoms with Crippen LogP contribution in [0.25, 0.3) is 0 Å². The van der Waals surface area contributed by atoms with Gasteiger partial charge in [-0.25, -0.2) is 8.42 Å². The number of anilines is 1. The van der Waals surface area contributed by atoms with E-state index in [1.807, 2.05) is 0 Å². The maximum Gasteiger partial charge on any atom is 0.263 e. The van der Waals surface area contributed by atoms with Gasteiger partial charge in [-0.15, -0.1) is 0 Å². The minimum atomic E-state index is -3.62. The van der Waals surface area contributed by atoms with Crippen LogP contribution >= 0.6 is 15.9 Å². The molecule has 0 saturated carbocycles. The van der Waals surface area contributed by atoms with Gasteiger partial charge in [0.2, 0.25) is 0 Å². The zero-order valence-corrected chi connectivity index (χ0v) is 11.6. The maximum absolute atomic E-state index is 12.0. The molecule has 96 valence electrons. The van der Waals surface area contributed by atoms with Crippen molar-refractivity contribution < 1.29 is 13.5 Å². The Kier molecular flexibility index (Phi) is 3.74. The average Bonchev–Trinajstić information content (AvgIpc) is 2.81. The van der Waals surface area contributed by atoms with Crippen LogP contribution in [-0.2, 0) is 16.6 Å². The topological polar surface area (TPSA) is 82.2 Å². The van der Waals surface area contributed by atoms with Crippen LogP contribution in [0.2, 0.25) is 0 Å². The lowest BCUT2D eigenvalue weighted by atomic mass is 10.3. The molecule has 0 bridgehead atoms. The van der Waals surface area contributed by atoms with Gasteiger partial charge in [0, 0.05) is 22.1 Å². The third-order valence-corrected chi connectivity index (χ3v) is 4.18. The lowest BCUT2D eigenvalue weighted by molar-refractivity contribution is 0.277. The molecule has 0 spiro atoms. The molecule has 2 aromatic rings. The lowest BCUT2D eigenvalue weighted by Crippen LogP contribution is -2.11. The highest BCUT2D eigenvalue weighted by atomic mass is 79.9. The van der Waals surface area contributed by atoms with Gasteiger partial charge >= 0.3 is 0 Å². The highest BCUT2D eigenvalue weighted by Crippen LogP contribution is 2.19. The predicted molar refractivity (Wildman–Crippen MR) is 71.7 cm³/mol. The van der Waals surface area contributed by atoms with E-state index in [2.05, 4.69) is 25.6 Å². The Bertz CT molecular complexity index is 635. The van der Waals surface area contributed by atoms with Crippen LogP contribution in [0.4, 0.5) is 5.69 Å². The van der Waals surface area contributed by atoms with E-state index in [1.54, 1.807) is 24.3 Å². The molecule has 1 aromatic heterocycles. The lowest BCUT2D eigenvalue weighted by Gasteiger charge is -2.06. The molecule has 0 unspecified atom stereocenters. The van der Waals surface area contributed by atoms with Gasteiger partial charge in [-0.2, -0.15) is 0 Å². The van der Waals surface area contributed by atoms with E-state index in [1.165, 1.54) is 12.3 Å². The van der Waals surface area contributed by atoms with E-state index in [0.29, 0.717) is 11.4 Å². The van der Waals surface area contributed by atoms with Crippen molar-refractivity contribution in [3.63, 3.8) is 0 Å². The summed E-state index contributed by atoms with van der Waals surface area (Å²) in [6.07, 6.45) is 1.34. The largest absolute Gasteiger partial charge is 0.390 e. The van der Waals surface area contributed by atoms with E-state index in [0.717, 1.165) is 4.47 Å². The fourth-order valence-corrected chi connectivity index (χ4v) is 2.74. The first-order valence-electron chi connectivity index (χ1n) is 5.08. The number of sulfonamides is 1. The second-order valence-corrected chi connectivity index (χ2v) is 6.23. The summed E-state index contributed by atoms with van der Waals surface area (Å²) in [4.78, 5) is 2.77. The molecule has 0 fully saturated rings. The molecule has 1 aromatic carbocycles. The zero-order chi connectivity index (χ0) is 13.2. The normalized spacial score (nSPS) is 11.4. The molecule has 0 atom stereocenters. The number of benzene rings is 1. The molecule has 7 heteroatoms. The van der Waals surface area contributed by atoms with Crippen molar-refractivity contribution in [3.8, 4) is 0 Å². The van der Waals surface area contributed by atoms with Gasteiger partial charge in [0.25, 0.3) is 10.0 Å². The van der Waals surface area contributed by atoms with Gasteiger partial charge in [0.1, 0.15) is 4.90 Å². The summed E-state index contributed by atoms with van der Waals surface area (Å²) in [6, 6.07) is 8.19. The third-order valence-electron chi connectivity index (χ3n) is 2.29. The van der Waals surface area contributed by atoms with Crippen LogP contribution in [0.5, 0.6) is 0 Å². The number of H-pyrrole nitrogens is 1. The number of aliphatic hydroxyl groups is 1. The number of nitrogens with one attached hydrogen (secondary N) is 2. The molecular weight excluding hydrogens is 320 g/mol. The molecule has 2 rings (SSSR count). The van der Waals surface area contributed by atoms with Crippen molar-refractivity contribution in [1.82, 2.24) is 4.98 Å². The van der Waals surface area contributed by atoms with Crippen LogP contribution in [-0.4, -0.2) is 18.5 Å². The van der Waals surface area contributed by atoms with Crippen LogP contribution in [0.3, 0.4) is 0 Å². The molecule has 5 nitrogen and oxygen atoms in total. The Morgan fingerprint density at radius 3 is 2.50 bits per heavy atom. The molecule has 1 heterocycles. The van der Waals surface area contributed by atoms with Crippen LogP contribution in [0, 0.1) is 0 Å². The Labute approximate surface area is 113 Å². The number of hydrogen-bond acceptors (Lipinski definition) is 3. The second kappa shape index (κ2) is 5.13. The van der Waals surface area contributed by atoms with Crippen LogP contribution in [0.15, 0.2) is 45.9 Å². The van der Waals surface area contributed by atoms with E-state index in [9.17, 15) is 8.42 Å². The molecule has 0 saturated heterocycles. The summed E-state index contributed by atoms with van der Waals surface area (Å²) < 4.78 is 27.3. The number of aromatic amines is 1. The monoisotopic (exact) mass is 330 g/mol. The standard InChI is InChI=1S/C11H11BrN2O3S/c12-8-1-3-9(4-2-8)14-18(16,17)11-5-10(7-15)13-6-11/h1-6,13-15H,7H2. The van der Waals surface area contributed by atoms with Gasteiger partial charge in [-0.3, -0.25) is 4.72 Å². The summed E-state index contributed by atoms with van der Waals surface area (Å²) >= 11 is 3.27. The van der Waals surface area contributed by atoms with Crippen molar-refractivity contribution in [2.24, 2.45) is 0 Å². The van der Waals surface area contributed by atoms with Gasteiger partial charge in [0.05, 0.1) is 6.61 Å². The van der Waals surface area contributed by atoms with Gasteiger partial charge in [0.15, 0.2) is 0 Å². The van der Waals surface area contributed by atoms with Crippen molar-refractivity contribution in [2.45, 2.75) is 11.5 Å². The summed E-state index contributed by atoms with van der Waals surface area (Å²) in [5.74, 6) is 0. The fourth-order valence-electron chi connectivity index (χ4n) is 1.40. The Morgan fingerprint density at radius 1 is 1.28 bits per heavy atom. The highest BCUT2D eigenvalue weighted by Gasteiger charge is 2.15. The first-order chi connectivity index (χ1) is 8.51.